The molecule has 2 saturated heterocycles. The molecule has 2 unspecified atom stereocenters. The maximum atomic E-state index is 13.9. The van der Waals surface area contributed by atoms with Crippen LogP contribution in [0.5, 0.6) is 5.75 Å². The van der Waals surface area contributed by atoms with Crippen molar-refractivity contribution in [3.8, 4) is 17.0 Å². The van der Waals surface area contributed by atoms with Crippen molar-refractivity contribution in [1.82, 2.24) is 24.8 Å². The third-order valence-electron chi connectivity index (χ3n) is 6.78. The van der Waals surface area contributed by atoms with E-state index in [0.717, 1.165) is 30.2 Å². The molecule has 1 amide bonds. The maximum Gasteiger partial charge on any atom is 0.280 e. The number of fused-ring (bicyclic) bond motifs is 3. The molecule has 3 aromatic rings. The van der Waals surface area contributed by atoms with Crippen LogP contribution in [-0.4, -0.2) is 57.7 Å². The van der Waals surface area contributed by atoms with Crippen LogP contribution in [0.25, 0.3) is 16.9 Å². The van der Waals surface area contributed by atoms with E-state index in [1.807, 2.05) is 0 Å². The fraction of sp³-hybridized carbons (Fsp3) is 0.435. The highest BCUT2D eigenvalue weighted by atomic mass is 19.3. The lowest BCUT2D eigenvalue weighted by Gasteiger charge is -2.36. The van der Waals surface area contributed by atoms with Gasteiger partial charge in [0.05, 0.1) is 19.0 Å². The van der Waals surface area contributed by atoms with Gasteiger partial charge in [-0.2, -0.15) is 5.10 Å². The quantitative estimate of drug-likeness (QED) is 0.654. The Labute approximate surface area is 184 Å². The molecule has 2 bridgehead atoms. The predicted octanol–water partition coefficient (Wildman–Crippen LogP) is 3.70. The molecular weight excluding hydrogens is 416 g/mol. The summed E-state index contributed by atoms with van der Waals surface area (Å²) in [4.78, 5) is 20.1. The Balaban J connectivity index is 1.51. The molecule has 0 spiro atoms. The lowest BCUT2D eigenvalue weighted by molar-refractivity contribution is 0.0883. The van der Waals surface area contributed by atoms with Crippen LogP contribution < -0.4 is 10.1 Å². The van der Waals surface area contributed by atoms with Crippen LogP contribution in [0.2, 0.25) is 0 Å². The van der Waals surface area contributed by atoms with Crippen LogP contribution in [0.15, 0.2) is 36.5 Å². The molecule has 168 valence electrons. The van der Waals surface area contributed by atoms with Gasteiger partial charge in [0.15, 0.2) is 5.65 Å². The summed E-state index contributed by atoms with van der Waals surface area (Å²) in [6, 6.07) is 9.36. The second kappa shape index (κ2) is 8.12. The van der Waals surface area contributed by atoms with Gasteiger partial charge in [-0.3, -0.25) is 4.79 Å². The van der Waals surface area contributed by atoms with Crippen molar-refractivity contribution in [2.75, 3.05) is 14.2 Å². The first-order valence-corrected chi connectivity index (χ1v) is 10.8. The standard InChI is InChI=1S/C23H25F2N5O2/c1-29-14-7-8-15(29)10-13(9-14)27-23(31)17-12-26-30-19(21(24)25)11-18(28-22(17)30)16-5-3-4-6-20(16)32-2/h3-6,11-15,21H,7-10H2,1-2H3,(H,27,31). The van der Waals surface area contributed by atoms with Gasteiger partial charge in [-0.25, -0.2) is 18.3 Å². The summed E-state index contributed by atoms with van der Waals surface area (Å²) < 4.78 is 34.2. The van der Waals surface area contributed by atoms with Crippen LogP contribution in [0, 0.1) is 0 Å². The second-order valence-corrected chi connectivity index (χ2v) is 8.55. The van der Waals surface area contributed by atoms with Crippen molar-refractivity contribution in [1.29, 1.82) is 0 Å². The van der Waals surface area contributed by atoms with E-state index in [4.69, 9.17) is 4.74 Å². The molecular formula is C23H25F2N5O2. The number of hydrogen-bond donors (Lipinski definition) is 1. The number of nitrogens with one attached hydrogen (secondary N) is 1. The van der Waals surface area contributed by atoms with Crippen molar-refractivity contribution >= 4 is 11.6 Å². The summed E-state index contributed by atoms with van der Waals surface area (Å²) in [6.45, 7) is 0. The van der Waals surface area contributed by atoms with E-state index in [0.29, 0.717) is 29.1 Å². The average Bonchev–Trinajstić information content (AvgIpc) is 3.29. The van der Waals surface area contributed by atoms with E-state index in [1.165, 1.54) is 19.4 Å². The van der Waals surface area contributed by atoms with Gasteiger partial charge in [0.25, 0.3) is 12.3 Å². The lowest BCUT2D eigenvalue weighted by Crippen LogP contribution is -2.48. The Hall–Kier alpha value is -3.07. The van der Waals surface area contributed by atoms with E-state index >= 15 is 0 Å². The van der Waals surface area contributed by atoms with E-state index in [2.05, 4.69) is 27.3 Å². The highest BCUT2D eigenvalue weighted by molar-refractivity contribution is 6.00. The molecule has 1 aromatic carbocycles. The molecule has 7 nitrogen and oxygen atoms in total. The summed E-state index contributed by atoms with van der Waals surface area (Å²) in [6.07, 6.45) is 2.60. The van der Waals surface area contributed by atoms with Crippen molar-refractivity contribution in [3.63, 3.8) is 0 Å². The molecule has 0 saturated carbocycles. The zero-order valence-corrected chi connectivity index (χ0v) is 18.0. The number of benzene rings is 1. The molecule has 5 rings (SSSR count). The van der Waals surface area contributed by atoms with Gasteiger partial charge in [0.1, 0.15) is 17.0 Å². The molecule has 2 aliphatic heterocycles. The van der Waals surface area contributed by atoms with Gasteiger partial charge in [0, 0.05) is 23.7 Å². The number of aromatic nitrogens is 3. The summed E-state index contributed by atoms with van der Waals surface area (Å²) in [5.41, 5.74) is 0.843. The number of ether oxygens (including phenoxy) is 1. The number of methoxy groups -OCH3 is 1. The largest absolute Gasteiger partial charge is 0.496 e. The zero-order chi connectivity index (χ0) is 22.4. The molecule has 2 fully saturated rings. The van der Waals surface area contributed by atoms with Gasteiger partial charge in [-0.1, -0.05) is 12.1 Å². The number of rotatable bonds is 5. The third-order valence-corrected chi connectivity index (χ3v) is 6.78. The van der Waals surface area contributed by atoms with Crippen LogP contribution in [0.3, 0.4) is 0 Å². The zero-order valence-electron chi connectivity index (χ0n) is 18.0. The fourth-order valence-corrected chi connectivity index (χ4v) is 5.09. The number of alkyl halides is 2. The smallest absolute Gasteiger partial charge is 0.280 e. The Kier molecular flexibility index (Phi) is 5.28. The first-order valence-electron chi connectivity index (χ1n) is 10.8. The lowest BCUT2D eigenvalue weighted by atomic mass is 9.98. The van der Waals surface area contributed by atoms with Crippen LogP contribution in [-0.2, 0) is 0 Å². The molecule has 2 aromatic heterocycles. The summed E-state index contributed by atoms with van der Waals surface area (Å²) in [7, 11) is 3.65. The number of carbonyl (C=O) groups excluding carboxylic acids is 1. The third kappa shape index (κ3) is 3.50. The first kappa shape index (κ1) is 20.8. The number of nitrogens with zero attached hydrogens (tertiary/aromatic N) is 4. The van der Waals surface area contributed by atoms with Crippen LogP contribution in [0.4, 0.5) is 8.78 Å². The first-order chi connectivity index (χ1) is 15.5. The summed E-state index contributed by atoms with van der Waals surface area (Å²) in [5.74, 6) is 0.177. The van der Waals surface area contributed by atoms with Crippen LogP contribution >= 0.6 is 0 Å². The fourth-order valence-electron chi connectivity index (χ4n) is 5.09. The average molecular weight is 441 g/mol. The summed E-state index contributed by atoms with van der Waals surface area (Å²) in [5, 5.41) is 7.15. The number of amides is 1. The molecule has 32 heavy (non-hydrogen) atoms. The van der Waals surface area contributed by atoms with Crippen molar-refractivity contribution < 1.29 is 18.3 Å². The highest BCUT2D eigenvalue weighted by Gasteiger charge is 2.39. The van der Waals surface area contributed by atoms with E-state index in [9.17, 15) is 13.6 Å². The minimum atomic E-state index is -2.78. The SMILES string of the molecule is COc1ccccc1-c1cc(C(F)F)n2ncc(C(=O)NC3CC4CCC(C3)N4C)c2n1. The molecule has 2 atom stereocenters. The Bertz CT molecular complexity index is 1150. The molecule has 1 N–H and O–H groups in total. The predicted molar refractivity (Wildman–Crippen MR) is 115 cm³/mol. The van der Waals surface area contributed by atoms with Gasteiger partial charge in [-0.15, -0.1) is 0 Å². The number of piperidine rings is 1. The monoisotopic (exact) mass is 441 g/mol. The number of para-hydroxylation sites is 1. The van der Waals surface area contributed by atoms with E-state index in [1.54, 1.807) is 24.3 Å². The van der Waals surface area contributed by atoms with Gasteiger partial charge >= 0.3 is 0 Å². The van der Waals surface area contributed by atoms with Gasteiger partial charge < -0.3 is 15.0 Å². The molecule has 4 heterocycles. The Morgan fingerprint density at radius 2 is 1.94 bits per heavy atom. The molecule has 0 aliphatic carbocycles. The minimum Gasteiger partial charge on any atom is -0.496 e. The molecule has 9 heteroatoms. The Morgan fingerprint density at radius 1 is 1.22 bits per heavy atom. The minimum absolute atomic E-state index is 0.0538. The normalized spacial score (nSPS) is 23.1. The second-order valence-electron chi connectivity index (χ2n) is 8.55. The van der Waals surface area contributed by atoms with Crippen LogP contribution in [0.1, 0.15) is 48.2 Å². The number of halogens is 2. The highest BCUT2D eigenvalue weighted by Crippen LogP contribution is 2.35. The maximum absolute atomic E-state index is 13.9. The van der Waals surface area contributed by atoms with Crippen molar-refractivity contribution in [2.24, 2.45) is 0 Å². The number of carbonyl (C=O) groups is 1. The molecule has 2 aliphatic rings. The van der Waals surface area contributed by atoms with E-state index in [-0.39, 0.29) is 28.9 Å². The Morgan fingerprint density at radius 3 is 2.62 bits per heavy atom. The molecule has 0 radical (unpaired) electrons. The van der Waals surface area contributed by atoms with Gasteiger partial charge in [0.2, 0.25) is 0 Å². The van der Waals surface area contributed by atoms with Crippen molar-refractivity contribution in [2.45, 2.75) is 50.2 Å². The summed E-state index contributed by atoms with van der Waals surface area (Å²) >= 11 is 0. The number of hydrogen-bond acceptors (Lipinski definition) is 5. The van der Waals surface area contributed by atoms with E-state index < -0.39 is 6.43 Å². The van der Waals surface area contributed by atoms with Crippen molar-refractivity contribution in [3.05, 3.63) is 47.8 Å². The van der Waals surface area contributed by atoms with Gasteiger partial charge in [-0.05, 0) is 50.9 Å². The topological polar surface area (TPSA) is 71.8 Å².